The summed E-state index contributed by atoms with van der Waals surface area (Å²) in [6.45, 7) is 12.2. The molecule has 2 N–H and O–H groups in total. The lowest BCUT2D eigenvalue weighted by atomic mass is 9.97. The van der Waals surface area contributed by atoms with Crippen LogP contribution in [0.5, 0.6) is 0 Å². The molecule has 0 spiro atoms. The van der Waals surface area contributed by atoms with Gasteiger partial charge in [-0.2, -0.15) is 0 Å². The molecule has 2 fully saturated rings. The summed E-state index contributed by atoms with van der Waals surface area (Å²) >= 11 is 0. The van der Waals surface area contributed by atoms with E-state index in [1.165, 1.54) is 18.4 Å². The highest BCUT2D eigenvalue weighted by molar-refractivity contribution is 14.0. The molecule has 1 aliphatic carbocycles. The number of nitrogens with one attached hydrogen (secondary N) is 2. The molecule has 1 aliphatic heterocycles. The first-order valence-electron chi connectivity index (χ1n) is 11.5. The summed E-state index contributed by atoms with van der Waals surface area (Å²) in [6, 6.07) is 11.9. The summed E-state index contributed by atoms with van der Waals surface area (Å²) in [4.78, 5) is 7.56. The zero-order valence-electron chi connectivity index (χ0n) is 19.0. The monoisotopic (exact) mass is 528 g/mol. The number of halogens is 1. The third-order valence-electron chi connectivity index (χ3n) is 6.44. The minimum absolute atomic E-state index is 0. The molecule has 2 atom stereocenters. The normalized spacial score (nSPS) is 23.5. The molecule has 170 valence electrons. The van der Waals surface area contributed by atoms with Crippen molar-refractivity contribution < 1.29 is 4.74 Å². The van der Waals surface area contributed by atoms with Crippen molar-refractivity contribution >= 4 is 29.9 Å². The van der Waals surface area contributed by atoms with E-state index in [2.05, 4.69) is 66.6 Å². The number of ether oxygens (including phenoxy) is 1. The molecule has 30 heavy (non-hydrogen) atoms. The van der Waals surface area contributed by atoms with Crippen LogP contribution in [0, 0.1) is 5.41 Å². The summed E-state index contributed by atoms with van der Waals surface area (Å²) in [5.74, 6) is 0.990. The SMILES string of the molecule is CCNC(=NCC1(CCOCC)CC1)NC1CCN(Cc2ccccc2)C(C)C1.I. The lowest BCUT2D eigenvalue weighted by Crippen LogP contribution is -2.51. The minimum atomic E-state index is 0. The van der Waals surface area contributed by atoms with Crippen LogP contribution in [0.15, 0.2) is 35.3 Å². The van der Waals surface area contributed by atoms with Gasteiger partial charge in [0.2, 0.25) is 0 Å². The Hall–Kier alpha value is -0.860. The molecular formula is C24H41IN4O. The van der Waals surface area contributed by atoms with Crippen molar-refractivity contribution in [2.75, 3.05) is 32.8 Å². The lowest BCUT2D eigenvalue weighted by Gasteiger charge is -2.38. The fraction of sp³-hybridized carbons (Fsp3) is 0.708. The van der Waals surface area contributed by atoms with Gasteiger partial charge in [-0.15, -0.1) is 24.0 Å². The first-order chi connectivity index (χ1) is 14.1. The molecule has 2 unspecified atom stereocenters. The quantitative estimate of drug-likeness (QED) is 0.204. The predicted octanol–water partition coefficient (Wildman–Crippen LogP) is 4.42. The molecule has 1 heterocycles. The Kier molecular flexibility index (Phi) is 10.9. The topological polar surface area (TPSA) is 48.9 Å². The van der Waals surface area contributed by atoms with Crippen molar-refractivity contribution in [2.45, 2.75) is 71.5 Å². The second-order valence-electron chi connectivity index (χ2n) is 8.81. The second kappa shape index (κ2) is 12.9. The maximum Gasteiger partial charge on any atom is 0.191 e. The van der Waals surface area contributed by atoms with Gasteiger partial charge in [0.15, 0.2) is 5.96 Å². The molecule has 1 aromatic carbocycles. The minimum Gasteiger partial charge on any atom is -0.382 e. The van der Waals surface area contributed by atoms with E-state index >= 15 is 0 Å². The Morgan fingerprint density at radius 1 is 1.23 bits per heavy atom. The number of guanidine groups is 1. The Morgan fingerprint density at radius 3 is 2.63 bits per heavy atom. The van der Waals surface area contributed by atoms with Crippen LogP contribution in [0.25, 0.3) is 0 Å². The average molecular weight is 529 g/mol. The van der Waals surface area contributed by atoms with Crippen LogP contribution in [0.4, 0.5) is 0 Å². The molecule has 1 saturated carbocycles. The number of hydrogen-bond donors (Lipinski definition) is 2. The van der Waals surface area contributed by atoms with E-state index in [0.29, 0.717) is 17.5 Å². The van der Waals surface area contributed by atoms with Gasteiger partial charge in [0, 0.05) is 51.5 Å². The van der Waals surface area contributed by atoms with Crippen molar-refractivity contribution in [3.8, 4) is 0 Å². The summed E-state index contributed by atoms with van der Waals surface area (Å²) in [7, 11) is 0. The highest BCUT2D eigenvalue weighted by atomic mass is 127. The number of hydrogen-bond acceptors (Lipinski definition) is 3. The highest BCUT2D eigenvalue weighted by Crippen LogP contribution is 2.49. The zero-order valence-corrected chi connectivity index (χ0v) is 21.4. The molecule has 0 amide bonds. The van der Waals surface area contributed by atoms with Gasteiger partial charge in [-0.3, -0.25) is 9.89 Å². The molecule has 1 aromatic rings. The van der Waals surface area contributed by atoms with Gasteiger partial charge >= 0.3 is 0 Å². The standard InChI is InChI=1S/C24H40N4O.HI/c1-4-25-23(26-19-24(12-13-24)14-16-29-5-2)27-22-11-15-28(20(3)17-22)18-21-9-7-6-8-10-21;/h6-10,20,22H,4-5,11-19H2,1-3H3,(H2,25,26,27);1H. The van der Waals surface area contributed by atoms with Crippen LogP contribution in [-0.2, 0) is 11.3 Å². The highest BCUT2D eigenvalue weighted by Gasteiger charge is 2.42. The number of aliphatic imine (C=N–C) groups is 1. The van der Waals surface area contributed by atoms with Crippen molar-refractivity contribution in [3.63, 3.8) is 0 Å². The maximum absolute atomic E-state index is 5.57. The Labute approximate surface area is 200 Å². The first kappa shape index (κ1) is 25.4. The van der Waals surface area contributed by atoms with Crippen LogP contribution in [-0.4, -0.2) is 55.8 Å². The molecule has 2 aliphatic rings. The van der Waals surface area contributed by atoms with Gasteiger partial charge in [-0.25, -0.2) is 0 Å². The molecule has 0 aromatic heterocycles. The van der Waals surface area contributed by atoms with Gasteiger partial charge in [0.1, 0.15) is 0 Å². The van der Waals surface area contributed by atoms with E-state index in [1.54, 1.807) is 0 Å². The van der Waals surface area contributed by atoms with Crippen LogP contribution in [0.2, 0.25) is 0 Å². The summed E-state index contributed by atoms with van der Waals surface area (Å²) in [5, 5.41) is 7.18. The van der Waals surface area contributed by atoms with E-state index < -0.39 is 0 Å². The fourth-order valence-corrected chi connectivity index (χ4v) is 4.26. The molecule has 0 bridgehead atoms. The van der Waals surface area contributed by atoms with E-state index in [4.69, 9.17) is 9.73 Å². The average Bonchev–Trinajstić information content (AvgIpc) is 3.50. The fourth-order valence-electron chi connectivity index (χ4n) is 4.26. The first-order valence-corrected chi connectivity index (χ1v) is 11.5. The van der Waals surface area contributed by atoms with Crippen molar-refractivity contribution in [1.82, 2.24) is 15.5 Å². The number of rotatable bonds is 10. The van der Waals surface area contributed by atoms with Gasteiger partial charge in [-0.05, 0) is 63.9 Å². The lowest BCUT2D eigenvalue weighted by molar-refractivity contribution is 0.129. The van der Waals surface area contributed by atoms with Crippen molar-refractivity contribution in [3.05, 3.63) is 35.9 Å². The zero-order chi connectivity index (χ0) is 20.5. The number of benzene rings is 1. The van der Waals surface area contributed by atoms with Crippen LogP contribution >= 0.6 is 24.0 Å². The Morgan fingerprint density at radius 2 is 2.00 bits per heavy atom. The number of likely N-dealkylation sites (tertiary alicyclic amines) is 1. The van der Waals surface area contributed by atoms with E-state index in [1.807, 2.05) is 0 Å². The largest absolute Gasteiger partial charge is 0.382 e. The van der Waals surface area contributed by atoms with Gasteiger partial charge in [0.05, 0.1) is 0 Å². The second-order valence-corrected chi connectivity index (χ2v) is 8.81. The van der Waals surface area contributed by atoms with Gasteiger partial charge in [-0.1, -0.05) is 30.3 Å². The third-order valence-corrected chi connectivity index (χ3v) is 6.44. The Balaban J connectivity index is 0.00000320. The molecular weight excluding hydrogens is 487 g/mol. The molecule has 0 radical (unpaired) electrons. The van der Waals surface area contributed by atoms with Crippen LogP contribution in [0.3, 0.4) is 0 Å². The molecule has 5 nitrogen and oxygen atoms in total. The third kappa shape index (κ3) is 8.00. The van der Waals surface area contributed by atoms with Gasteiger partial charge < -0.3 is 15.4 Å². The summed E-state index contributed by atoms with van der Waals surface area (Å²) < 4.78 is 5.57. The van der Waals surface area contributed by atoms with E-state index in [0.717, 1.165) is 64.6 Å². The summed E-state index contributed by atoms with van der Waals surface area (Å²) in [6.07, 6.45) is 6.04. The maximum atomic E-state index is 5.57. The molecule has 3 rings (SSSR count). The van der Waals surface area contributed by atoms with E-state index in [9.17, 15) is 0 Å². The molecule has 1 saturated heterocycles. The Bertz CT molecular complexity index is 635. The number of nitrogens with zero attached hydrogens (tertiary/aromatic N) is 2. The van der Waals surface area contributed by atoms with Crippen LogP contribution < -0.4 is 10.6 Å². The number of piperidine rings is 1. The predicted molar refractivity (Wildman–Crippen MR) is 137 cm³/mol. The summed E-state index contributed by atoms with van der Waals surface area (Å²) in [5.41, 5.74) is 1.80. The van der Waals surface area contributed by atoms with Crippen molar-refractivity contribution in [2.24, 2.45) is 10.4 Å². The van der Waals surface area contributed by atoms with E-state index in [-0.39, 0.29) is 24.0 Å². The smallest absolute Gasteiger partial charge is 0.191 e. The van der Waals surface area contributed by atoms with Gasteiger partial charge in [0.25, 0.3) is 0 Å². The molecule has 6 heteroatoms. The van der Waals surface area contributed by atoms with Crippen LogP contribution in [0.1, 0.15) is 58.4 Å². The van der Waals surface area contributed by atoms with Crippen molar-refractivity contribution in [1.29, 1.82) is 0 Å².